The molecule has 0 aromatic heterocycles. The summed E-state index contributed by atoms with van der Waals surface area (Å²) in [7, 11) is 5.44. The molecule has 2 aliphatic heterocycles. The van der Waals surface area contributed by atoms with Gasteiger partial charge >= 0.3 is 0 Å². The zero-order valence-electron chi connectivity index (χ0n) is 20.7. The van der Waals surface area contributed by atoms with Crippen molar-refractivity contribution in [3.05, 3.63) is 77.4 Å². The molecule has 37 heavy (non-hydrogen) atoms. The molecular formula is C28H25N5O4. The number of carbonyl (C=O) groups excluding carboxylic acids is 2. The monoisotopic (exact) mass is 495 g/mol. The van der Waals surface area contributed by atoms with E-state index in [2.05, 4.69) is 16.7 Å². The Labute approximate surface area is 214 Å². The van der Waals surface area contributed by atoms with Crippen LogP contribution in [0.3, 0.4) is 0 Å². The molecule has 186 valence electrons. The van der Waals surface area contributed by atoms with Crippen molar-refractivity contribution in [3.63, 3.8) is 0 Å². The molecule has 0 unspecified atom stereocenters. The van der Waals surface area contributed by atoms with Gasteiger partial charge in [0.25, 0.3) is 5.91 Å². The molecule has 2 N–H and O–H groups in total. The van der Waals surface area contributed by atoms with Crippen LogP contribution in [0.2, 0.25) is 0 Å². The lowest BCUT2D eigenvalue weighted by atomic mass is 9.98. The summed E-state index contributed by atoms with van der Waals surface area (Å²) < 4.78 is 11.0. The third-order valence-corrected chi connectivity index (χ3v) is 6.15. The minimum Gasteiger partial charge on any atom is -0.454 e. The minimum absolute atomic E-state index is 0.0233. The molecule has 0 radical (unpaired) electrons. The van der Waals surface area contributed by atoms with E-state index in [1.165, 1.54) is 0 Å². The summed E-state index contributed by atoms with van der Waals surface area (Å²) in [4.78, 5) is 29.0. The number of anilines is 3. The summed E-state index contributed by atoms with van der Waals surface area (Å²) in [6.07, 6.45) is 0. The van der Waals surface area contributed by atoms with Gasteiger partial charge in [-0.2, -0.15) is 5.26 Å². The van der Waals surface area contributed by atoms with Crippen LogP contribution in [0.15, 0.2) is 60.7 Å². The Bertz CT molecular complexity index is 1470. The molecular weight excluding hydrogens is 470 g/mol. The maximum absolute atomic E-state index is 13.2. The second-order valence-corrected chi connectivity index (χ2v) is 9.01. The van der Waals surface area contributed by atoms with Crippen LogP contribution in [0.5, 0.6) is 11.5 Å². The first kappa shape index (κ1) is 23.9. The predicted octanol–water partition coefficient (Wildman–Crippen LogP) is 3.74. The number of ether oxygens (including phenoxy) is 2. The molecule has 0 atom stereocenters. The number of hydrogen-bond donors (Lipinski definition) is 2. The van der Waals surface area contributed by atoms with Crippen molar-refractivity contribution < 1.29 is 19.1 Å². The smallest absolute Gasteiger partial charge is 0.258 e. The van der Waals surface area contributed by atoms with Gasteiger partial charge in [0.05, 0.1) is 35.1 Å². The number of rotatable bonds is 6. The van der Waals surface area contributed by atoms with Gasteiger partial charge in [-0.3, -0.25) is 9.59 Å². The third-order valence-electron chi connectivity index (χ3n) is 6.15. The number of nitriles is 1. The number of benzene rings is 3. The van der Waals surface area contributed by atoms with Gasteiger partial charge in [-0.15, -0.1) is 0 Å². The van der Waals surface area contributed by atoms with Gasteiger partial charge in [-0.1, -0.05) is 6.07 Å². The highest BCUT2D eigenvalue weighted by atomic mass is 16.7. The van der Waals surface area contributed by atoms with Crippen molar-refractivity contribution in [3.8, 4) is 17.6 Å². The van der Waals surface area contributed by atoms with Gasteiger partial charge in [-0.25, -0.2) is 0 Å². The largest absolute Gasteiger partial charge is 0.454 e. The SMILES string of the molecule is CN(C)CC(=O)N(C)c1ccc(NC(=C2C(=O)Nc3cc(C#N)ccc32)c2ccc3c(c2)OCO3)cc1. The van der Waals surface area contributed by atoms with Crippen LogP contribution < -0.4 is 25.0 Å². The van der Waals surface area contributed by atoms with Crippen molar-refractivity contribution >= 4 is 40.1 Å². The molecule has 0 bridgehead atoms. The lowest BCUT2D eigenvalue weighted by molar-refractivity contribution is -0.119. The van der Waals surface area contributed by atoms with Crippen molar-refractivity contribution in [2.24, 2.45) is 0 Å². The first-order chi connectivity index (χ1) is 17.8. The highest BCUT2D eigenvalue weighted by Gasteiger charge is 2.29. The molecule has 9 heteroatoms. The number of nitrogens with one attached hydrogen (secondary N) is 2. The topological polar surface area (TPSA) is 107 Å². The Morgan fingerprint density at radius 3 is 2.51 bits per heavy atom. The van der Waals surface area contributed by atoms with E-state index in [4.69, 9.17) is 9.47 Å². The predicted molar refractivity (Wildman–Crippen MR) is 141 cm³/mol. The number of fused-ring (bicyclic) bond motifs is 2. The third kappa shape index (κ3) is 4.70. The van der Waals surface area contributed by atoms with Gasteiger partial charge in [-0.05, 0) is 68.7 Å². The fourth-order valence-corrected chi connectivity index (χ4v) is 4.25. The van der Waals surface area contributed by atoms with Gasteiger partial charge in [0.1, 0.15) is 0 Å². The van der Waals surface area contributed by atoms with E-state index in [9.17, 15) is 14.9 Å². The second kappa shape index (κ2) is 9.68. The van der Waals surface area contributed by atoms with Crippen LogP contribution in [0.4, 0.5) is 17.1 Å². The van der Waals surface area contributed by atoms with Crippen LogP contribution in [-0.2, 0) is 9.59 Å². The van der Waals surface area contributed by atoms with E-state index in [-0.39, 0.29) is 18.6 Å². The van der Waals surface area contributed by atoms with Crippen LogP contribution in [0, 0.1) is 11.3 Å². The molecule has 0 saturated heterocycles. The number of carbonyl (C=O) groups is 2. The van der Waals surface area contributed by atoms with Gasteiger partial charge in [0.15, 0.2) is 11.5 Å². The van der Waals surface area contributed by atoms with E-state index in [0.717, 1.165) is 16.9 Å². The average Bonchev–Trinajstić information content (AvgIpc) is 3.49. The summed E-state index contributed by atoms with van der Waals surface area (Å²) in [5.74, 6) is 0.922. The number of amides is 2. The van der Waals surface area contributed by atoms with Crippen molar-refractivity contribution in [2.45, 2.75) is 0 Å². The van der Waals surface area contributed by atoms with Crippen LogP contribution in [0.1, 0.15) is 16.7 Å². The average molecular weight is 496 g/mol. The lowest BCUT2D eigenvalue weighted by Crippen LogP contribution is -2.34. The molecule has 0 spiro atoms. The normalized spacial score (nSPS) is 14.6. The molecule has 2 heterocycles. The van der Waals surface area contributed by atoms with Gasteiger partial charge in [0, 0.05) is 29.5 Å². The standard InChI is InChI=1S/C28H25N5O4/c1-32(2)15-25(34)33(3)20-8-6-19(7-9-20)30-27(18-5-11-23-24(13-18)37-16-36-23)26-21-10-4-17(14-29)12-22(21)31-28(26)35/h4-13,30H,15-16H2,1-3H3,(H,31,35). The Morgan fingerprint density at radius 2 is 1.78 bits per heavy atom. The summed E-state index contributed by atoms with van der Waals surface area (Å²) in [5, 5.41) is 15.5. The van der Waals surface area contributed by atoms with Crippen LogP contribution in [0.25, 0.3) is 11.3 Å². The molecule has 5 rings (SSSR count). The highest BCUT2D eigenvalue weighted by Crippen LogP contribution is 2.41. The first-order valence-corrected chi connectivity index (χ1v) is 11.6. The highest BCUT2D eigenvalue weighted by molar-refractivity contribution is 6.37. The number of hydrogen-bond acceptors (Lipinski definition) is 7. The van der Waals surface area contributed by atoms with E-state index in [1.807, 2.05) is 55.4 Å². The zero-order valence-corrected chi connectivity index (χ0v) is 20.7. The summed E-state index contributed by atoms with van der Waals surface area (Å²) in [5.41, 5.74) is 4.96. The first-order valence-electron chi connectivity index (χ1n) is 11.6. The van der Waals surface area contributed by atoms with Crippen LogP contribution in [-0.4, -0.2) is 51.2 Å². The zero-order chi connectivity index (χ0) is 26.1. The Hall–Kier alpha value is -4.81. The molecule has 9 nitrogen and oxygen atoms in total. The maximum atomic E-state index is 13.2. The van der Waals surface area contributed by atoms with Crippen molar-refractivity contribution in [1.29, 1.82) is 5.26 Å². The molecule has 2 amide bonds. The second-order valence-electron chi connectivity index (χ2n) is 9.01. The Morgan fingerprint density at radius 1 is 1.03 bits per heavy atom. The van der Waals surface area contributed by atoms with E-state index < -0.39 is 0 Å². The molecule has 2 aliphatic rings. The Kier molecular flexibility index (Phi) is 6.26. The minimum atomic E-state index is -0.282. The summed E-state index contributed by atoms with van der Waals surface area (Å²) in [6.45, 7) is 0.443. The fraction of sp³-hybridized carbons (Fsp3) is 0.179. The van der Waals surface area contributed by atoms with Gasteiger partial charge in [0.2, 0.25) is 12.7 Å². The number of likely N-dealkylation sites (N-methyl/N-ethyl adjacent to an activating group) is 2. The van der Waals surface area contributed by atoms with E-state index in [0.29, 0.717) is 46.1 Å². The molecule has 0 aliphatic carbocycles. The summed E-state index contributed by atoms with van der Waals surface area (Å²) >= 11 is 0. The van der Waals surface area contributed by atoms with E-state index in [1.54, 1.807) is 36.2 Å². The van der Waals surface area contributed by atoms with E-state index >= 15 is 0 Å². The quantitative estimate of drug-likeness (QED) is 0.502. The molecule has 3 aromatic rings. The van der Waals surface area contributed by atoms with Gasteiger partial charge < -0.3 is 29.9 Å². The maximum Gasteiger partial charge on any atom is 0.258 e. The number of nitrogens with zero attached hydrogens (tertiary/aromatic N) is 3. The van der Waals surface area contributed by atoms with Crippen LogP contribution >= 0.6 is 0 Å². The van der Waals surface area contributed by atoms with Crippen molar-refractivity contribution in [1.82, 2.24) is 4.90 Å². The summed E-state index contributed by atoms with van der Waals surface area (Å²) in [6, 6.07) is 20.1. The lowest BCUT2D eigenvalue weighted by Gasteiger charge is -2.20. The fourth-order valence-electron chi connectivity index (χ4n) is 4.25. The molecule has 0 saturated carbocycles. The van der Waals surface area contributed by atoms with Crippen molar-refractivity contribution in [2.75, 3.05) is 50.0 Å². The molecule has 0 fully saturated rings. The Balaban J connectivity index is 1.54. The molecule has 3 aromatic carbocycles.